The zero-order chi connectivity index (χ0) is 20.3. The molecule has 1 aromatic rings. The van der Waals surface area contributed by atoms with E-state index >= 15 is 0 Å². The molecule has 150 valence electrons. The van der Waals surface area contributed by atoms with E-state index in [1.165, 1.54) is 4.90 Å². The summed E-state index contributed by atoms with van der Waals surface area (Å²) >= 11 is 0. The van der Waals surface area contributed by atoms with Crippen LogP contribution in [0.5, 0.6) is 0 Å². The second-order valence-corrected chi connectivity index (χ2v) is 7.27. The van der Waals surface area contributed by atoms with Crippen LogP contribution in [0.3, 0.4) is 0 Å². The second-order valence-electron chi connectivity index (χ2n) is 7.27. The van der Waals surface area contributed by atoms with Crippen LogP contribution in [0.4, 0.5) is 13.2 Å². The van der Waals surface area contributed by atoms with Crippen molar-refractivity contribution in [1.82, 2.24) is 9.80 Å². The Morgan fingerprint density at radius 2 is 1.81 bits per heavy atom. The summed E-state index contributed by atoms with van der Waals surface area (Å²) in [5, 5.41) is 0. The molecule has 1 aliphatic heterocycles. The van der Waals surface area contributed by atoms with Crippen molar-refractivity contribution in [3.63, 3.8) is 0 Å². The number of nitrogens with two attached hydrogens (primary N) is 1. The van der Waals surface area contributed by atoms with Gasteiger partial charge in [-0.3, -0.25) is 9.59 Å². The first kappa shape index (κ1) is 21.2. The third-order valence-electron chi connectivity index (χ3n) is 4.86. The Labute approximate surface area is 157 Å². The molecule has 0 saturated carbocycles. The van der Waals surface area contributed by atoms with E-state index in [-0.39, 0.29) is 36.3 Å². The quantitative estimate of drug-likeness (QED) is 0.791. The average Bonchev–Trinajstić information content (AvgIpc) is 2.72. The van der Waals surface area contributed by atoms with Gasteiger partial charge in [-0.05, 0) is 45.2 Å². The Morgan fingerprint density at radius 3 is 2.44 bits per heavy atom. The van der Waals surface area contributed by atoms with Crippen LogP contribution in [0, 0.1) is 17.5 Å². The number of rotatable bonds is 5. The molecule has 2 atom stereocenters. The molecule has 2 rings (SSSR count). The number of nitrogens with zero attached hydrogens (tertiary/aromatic N) is 2. The molecular weight excluding hydrogens is 359 g/mol. The normalized spacial score (nSPS) is 19.4. The molecular formula is C19H26F3N3O2. The van der Waals surface area contributed by atoms with Crippen molar-refractivity contribution in [3.05, 3.63) is 35.1 Å². The standard InChI is InChI=1S/C19H26F3N3O2/c1-11(2)24-5-4-6-25(12(3)19(24)27)18(26)9-14(23)7-13-8-16(21)17(22)10-15(13)20/h8,10-12,14H,4-7,9,23H2,1-3H3/t12?,14-/m1/s1. The Bertz CT molecular complexity index is 712. The van der Waals surface area contributed by atoms with Crippen LogP contribution in [0.1, 0.15) is 39.2 Å². The van der Waals surface area contributed by atoms with Gasteiger partial charge in [0.2, 0.25) is 11.8 Å². The summed E-state index contributed by atoms with van der Waals surface area (Å²) in [6.45, 7) is 6.54. The van der Waals surface area contributed by atoms with Gasteiger partial charge in [0.05, 0.1) is 0 Å². The molecule has 27 heavy (non-hydrogen) atoms. The lowest BCUT2D eigenvalue weighted by Crippen LogP contribution is -2.49. The Morgan fingerprint density at radius 1 is 1.19 bits per heavy atom. The maximum Gasteiger partial charge on any atom is 0.245 e. The number of amides is 2. The van der Waals surface area contributed by atoms with Crippen molar-refractivity contribution in [1.29, 1.82) is 0 Å². The molecule has 2 N–H and O–H groups in total. The lowest BCUT2D eigenvalue weighted by atomic mass is 10.0. The van der Waals surface area contributed by atoms with Gasteiger partial charge >= 0.3 is 0 Å². The molecule has 5 nitrogen and oxygen atoms in total. The molecule has 0 aliphatic carbocycles. The number of hydrogen-bond acceptors (Lipinski definition) is 3. The fraction of sp³-hybridized carbons (Fsp3) is 0.579. The molecule has 2 amide bonds. The van der Waals surface area contributed by atoms with Crippen molar-refractivity contribution < 1.29 is 22.8 Å². The maximum absolute atomic E-state index is 13.8. The van der Waals surface area contributed by atoms with Crippen LogP contribution >= 0.6 is 0 Å². The van der Waals surface area contributed by atoms with Gasteiger partial charge in [0.25, 0.3) is 0 Å². The zero-order valence-corrected chi connectivity index (χ0v) is 15.8. The largest absolute Gasteiger partial charge is 0.338 e. The first-order valence-electron chi connectivity index (χ1n) is 9.10. The number of carbonyl (C=O) groups excluding carboxylic acids is 2. The lowest BCUT2D eigenvalue weighted by Gasteiger charge is -2.30. The van der Waals surface area contributed by atoms with E-state index in [0.717, 1.165) is 6.07 Å². The van der Waals surface area contributed by atoms with E-state index in [4.69, 9.17) is 5.73 Å². The van der Waals surface area contributed by atoms with Gasteiger partial charge in [-0.2, -0.15) is 0 Å². The molecule has 0 radical (unpaired) electrons. The van der Waals surface area contributed by atoms with E-state index in [0.29, 0.717) is 25.6 Å². The molecule has 1 fully saturated rings. The van der Waals surface area contributed by atoms with Crippen LogP contribution in [0.2, 0.25) is 0 Å². The summed E-state index contributed by atoms with van der Waals surface area (Å²) in [5.74, 6) is -3.76. The van der Waals surface area contributed by atoms with Gasteiger partial charge in [0.15, 0.2) is 11.6 Å². The van der Waals surface area contributed by atoms with E-state index in [9.17, 15) is 22.8 Å². The van der Waals surface area contributed by atoms with Crippen molar-refractivity contribution in [2.45, 2.75) is 58.2 Å². The summed E-state index contributed by atoms with van der Waals surface area (Å²) in [5.41, 5.74) is 5.86. The average molecular weight is 385 g/mol. The third kappa shape index (κ3) is 5.00. The van der Waals surface area contributed by atoms with Gasteiger partial charge in [-0.1, -0.05) is 0 Å². The smallest absolute Gasteiger partial charge is 0.245 e. The minimum absolute atomic E-state index is 0.0496. The Balaban J connectivity index is 2.03. The fourth-order valence-electron chi connectivity index (χ4n) is 3.36. The molecule has 1 aliphatic rings. The van der Waals surface area contributed by atoms with Gasteiger partial charge in [-0.15, -0.1) is 0 Å². The number of hydrogen-bond donors (Lipinski definition) is 1. The summed E-state index contributed by atoms with van der Waals surface area (Å²) in [6.07, 6.45) is 0.438. The van der Waals surface area contributed by atoms with E-state index in [1.807, 2.05) is 13.8 Å². The van der Waals surface area contributed by atoms with Crippen LogP contribution in [0.15, 0.2) is 12.1 Å². The van der Waals surface area contributed by atoms with Crippen LogP contribution in [-0.4, -0.2) is 52.8 Å². The highest BCUT2D eigenvalue weighted by atomic mass is 19.2. The predicted octanol–water partition coefficient (Wildman–Crippen LogP) is 2.22. The highest BCUT2D eigenvalue weighted by Gasteiger charge is 2.33. The van der Waals surface area contributed by atoms with E-state index in [2.05, 4.69) is 0 Å². The van der Waals surface area contributed by atoms with Crippen molar-refractivity contribution in [3.8, 4) is 0 Å². The van der Waals surface area contributed by atoms with Gasteiger partial charge in [0, 0.05) is 37.7 Å². The van der Waals surface area contributed by atoms with Gasteiger partial charge in [0.1, 0.15) is 11.9 Å². The monoisotopic (exact) mass is 385 g/mol. The molecule has 0 spiro atoms. The van der Waals surface area contributed by atoms with E-state index in [1.54, 1.807) is 11.8 Å². The zero-order valence-electron chi connectivity index (χ0n) is 15.8. The molecule has 8 heteroatoms. The topological polar surface area (TPSA) is 66.6 Å². The number of carbonyl (C=O) groups is 2. The summed E-state index contributed by atoms with van der Waals surface area (Å²) in [4.78, 5) is 28.4. The highest BCUT2D eigenvalue weighted by molar-refractivity contribution is 5.88. The SMILES string of the molecule is CC(C)N1CCCN(C(=O)C[C@H](N)Cc2cc(F)c(F)cc2F)C(C)C1=O. The van der Waals surface area contributed by atoms with Gasteiger partial charge < -0.3 is 15.5 Å². The second kappa shape index (κ2) is 8.73. The molecule has 1 saturated heterocycles. The highest BCUT2D eigenvalue weighted by Crippen LogP contribution is 2.18. The number of halogens is 3. The first-order valence-corrected chi connectivity index (χ1v) is 9.10. The van der Waals surface area contributed by atoms with E-state index < -0.39 is 29.5 Å². The Kier molecular flexibility index (Phi) is 6.86. The van der Waals surface area contributed by atoms with Crippen molar-refractivity contribution in [2.75, 3.05) is 13.1 Å². The molecule has 1 aromatic carbocycles. The lowest BCUT2D eigenvalue weighted by molar-refractivity contribution is -0.144. The van der Waals surface area contributed by atoms with Crippen molar-refractivity contribution in [2.24, 2.45) is 5.73 Å². The minimum Gasteiger partial charge on any atom is -0.338 e. The predicted molar refractivity (Wildman–Crippen MR) is 95.3 cm³/mol. The summed E-state index contributed by atoms with van der Waals surface area (Å²) < 4.78 is 40.1. The Hall–Kier alpha value is -2.09. The molecule has 1 unspecified atom stereocenters. The third-order valence-corrected chi connectivity index (χ3v) is 4.86. The van der Waals surface area contributed by atoms with Gasteiger partial charge in [-0.25, -0.2) is 13.2 Å². The molecule has 0 aromatic heterocycles. The van der Waals surface area contributed by atoms with Crippen molar-refractivity contribution >= 4 is 11.8 Å². The summed E-state index contributed by atoms with van der Waals surface area (Å²) in [6, 6.07) is -0.102. The van der Waals surface area contributed by atoms with Crippen LogP contribution in [-0.2, 0) is 16.0 Å². The minimum atomic E-state index is -1.27. The molecule has 1 heterocycles. The fourth-order valence-corrected chi connectivity index (χ4v) is 3.36. The summed E-state index contributed by atoms with van der Waals surface area (Å²) in [7, 11) is 0. The maximum atomic E-state index is 13.8. The van der Waals surface area contributed by atoms with Crippen LogP contribution < -0.4 is 5.73 Å². The first-order chi connectivity index (χ1) is 12.6. The number of benzene rings is 1. The molecule has 0 bridgehead atoms. The van der Waals surface area contributed by atoms with Crippen LogP contribution in [0.25, 0.3) is 0 Å².